The molecule has 0 aliphatic carbocycles. The Morgan fingerprint density at radius 3 is 1.14 bits per heavy atom. The second-order valence-electron chi connectivity index (χ2n) is 0.513. The van der Waals surface area contributed by atoms with Crippen LogP contribution in [-0.2, 0) is 37.3 Å². The number of hydrogen-bond donors (Lipinski definition) is 3. The summed E-state index contributed by atoms with van der Waals surface area (Å²) in [6, 6.07) is 0. The van der Waals surface area contributed by atoms with Gasteiger partial charge in [-0.05, 0) is 0 Å². The second-order valence-corrected chi connectivity index (χ2v) is 1.54. The third-order valence-electron chi connectivity index (χ3n) is 0. The molecule has 7 heteroatoms. The summed E-state index contributed by atoms with van der Waals surface area (Å²) in [5.41, 5.74) is 0. The molecule has 0 rings (SSSR count). The van der Waals surface area contributed by atoms with Gasteiger partial charge in [-0.25, -0.2) is 4.57 Å². The maximum atomic E-state index is 8.88. The zero-order chi connectivity index (χ0) is 4.50. The molecule has 7 heavy (non-hydrogen) atoms. The summed E-state index contributed by atoms with van der Waals surface area (Å²) in [7, 11) is -4.64. The standard InChI is InChI=1S/Al.H3O4P.Y.3H/c;1-5(2,3)4;;;;/h;(H3,1,2,3,4);;;;. The zero-order valence-corrected chi connectivity index (χ0v) is 6.51. The first-order chi connectivity index (χ1) is 2.00. The van der Waals surface area contributed by atoms with Gasteiger partial charge in [-0.3, -0.25) is 0 Å². The molecule has 0 saturated carbocycles. The van der Waals surface area contributed by atoms with Crippen LogP contribution in [0.25, 0.3) is 0 Å². The predicted octanol–water partition coefficient (Wildman–Crippen LogP) is -2.12. The van der Waals surface area contributed by atoms with E-state index in [1.165, 1.54) is 0 Å². The first-order valence-electron chi connectivity index (χ1n) is 0.783. The minimum absolute atomic E-state index is 0. The number of hydrogen-bond acceptors (Lipinski definition) is 1. The Labute approximate surface area is 76.6 Å². The van der Waals surface area contributed by atoms with Gasteiger partial charge in [-0.2, -0.15) is 0 Å². The zero-order valence-electron chi connectivity index (χ0n) is 2.77. The van der Waals surface area contributed by atoms with Crippen LogP contribution >= 0.6 is 7.82 Å². The molecular formula is H6AlO4PY. The first kappa shape index (κ1) is 15.9. The van der Waals surface area contributed by atoms with Crippen LogP contribution in [0.2, 0.25) is 0 Å². The Kier molecular flexibility index (Phi) is 13.3. The van der Waals surface area contributed by atoms with E-state index < -0.39 is 7.82 Å². The Hall–Kier alpha value is 1.75. The fraction of sp³-hybridized carbons (Fsp3) is 0. The third kappa shape index (κ3) is 83.9. The van der Waals surface area contributed by atoms with Crippen molar-refractivity contribution in [3.05, 3.63) is 0 Å². The van der Waals surface area contributed by atoms with E-state index in [9.17, 15) is 0 Å². The molecular weight excluding hydrogens is 211 g/mol. The molecule has 4 nitrogen and oxygen atoms in total. The van der Waals surface area contributed by atoms with Gasteiger partial charge in [0.1, 0.15) is 0 Å². The molecule has 0 aliphatic heterocycles. The van der Waals surface area contributed by atoms with Gasteiger partial charge >= 0.3 is 7.82 Å². The predicted molar refractivity (Wildman–Crippen MR) is 24.2 cm³/mol. The molecule has 0 saturated heterocycles. The largest absolute Gasteiger partial charge is 0.466 e. The SMILES string of the molecule is O=P(O)(O)O.[AlH3].[Y]. The van der Waals surface area contributed by atoms with Gasteiger partial charge in [0, 0.05) is 32.7 Å². The molecule has 0 aromatic carbocycles. The quantitative estimate of drug-likeness (QED) is 0.320. The van der Waals surface area contributed by atoms with Crippen LogP contribution in [0.3, 0.4) is 0 Å². The molecule has 0 aliphatic rings. The number of phosphoric acid groups is 1. The van der Waals surface area contributed by atoms with E-state index in [4.69, 9.17) is 19.2 Å². The van der Waals surface area contributed by atoms with Gasteiger partial charge in [-0.15, -0.1) is 0 Å². The molecule has 0 heterocycles. The minimum atomic E-state index is -4.64. The molecule has 1 radical (unpaired) electrons. The van der Waals surface area contributed by atoms with E-state index in [1.807, 2.05) is 0 Å². The van der Waals surface area contributed by atoms with E-state index in [1.54, 1.807) is 0 Å². The van der Waals surface area contributed by atoms with Crippen molar-refractivity contribution in [3.63, 3.8) is 0 Å². The normalized spacial score (nSPS) is 8.43. The van der Waals surface area contributed by atoms with E-state index in [-0.39, 0.29) is 50.1 Å². The first-order valence-corrected chi connectivity index (χ1v) is 2.35. The third-order valence-corrected chi connectivity index (χ3v) is 0. The smallest absolute Gasteiger partial charge is 0.303 e. The summed E-state index contributed by atoms with van der Waals surface area (Å²) in [6.07, 6.45) is 0. The second kappa shape index (κ2) is 5.88. The van der Waals surface area contributed by atoms with E-state index in [2.05, 4.69) is 0 Å². The Balaban J connectivity index is -0.0000000800. The van der Waals surface area contributed by atoms with Gasteiger partial charge in [0.2, 0.25) is 0 Å². The van der Waals surface area contributed by atoms with Crippen LogP contribution in [0, 0.1) is 0 Å². The van der Waals surface area contributed by atoms with Crippen LogP contribution in [0.15, 0.2) is 0 Å². The number of rotatable bonds is 0. The van der Waals surface area contributed by atoms with Crippen LogP contribution in [0.1, 0.15) is 0 Å². The maximum absolute atomic E-state index is 8.88. The molecule has 0 atom stereocenters. The van der Waals surface area contributed by atoms with Crippen LogP contribution in [0.5, 0.6) is 0 Å². The van der Waals surface area contributed by atoms with Crippen molar-refractivity contribution in [1.29, 1.82) is 0 Å². The topological polar surface area (TPSA) is 77.8 Å². The van der Waals surface area contributed by atoms with E-state index in [0.717, 1.165) is 0 Å². The molecule has 0 unspecified atom stereocenters. The van der Waals surface area contributed by atoms with Crippen molar-refractivity contribution >= 4 is 25.2 Å². The summed E-state index contributed by atoms with van der Waals surface area (Å²) >= 11 is 0. The Morgan fingerprint density at radius 2 is 1.14 bits per heavy atom. The molecule has 0 amide bonds. The Morgan fingerprint density at radius 1 is 1.14 bits per heavy atom. The molecule has 0 aromatic heterocycles. The van der Waals surface area contributed by atoms with Crippen molar-refractivity contribution in [1.82, 2.24) is 0 Å². The summed E-state index contributed by atoms with van der Waals surface area (Å²) in [5, 5.41) is 0. The van der Waals surface area contributed by atoms with Crippen molar-refractivity contribution in [2.45, 2.75) is 0 Å². The van der Waals surface area contributed by atoms with Gasteiger partial charge in [0.05, 0.1) is 0 Å². The molecule has 0 spiro atoms. The van der Waals surface area contributed by atoms with Gasteiger partial charge in [-0.1, -0.05) is 0 Å². The van der Waals surface area contributed by atoms with Crippen LogP contribution in [-0.4, -0.2) is 32.0 Å². The van der Waals surface area contributed by atoms with Crippen molar-refractivity contribution in [3.8, 4) is 0 Å². The van der Waals surface area contributed by atoms with Crippen LogP contribution in [0.4, 0.5) is 0 Å². The monoisotopic (exact) mass is 217 g/mol. The summed E-state index contributed by atoms with van der Waals surface area (Å²) in [5.74, 6) is 0. The summed E-state index contributed by atoms with van der Waals surface area (Å²) in [4.78, 5) is 21.6. The van der Waals surface area contributed by atoms with Gasteiger partial charge in [0.25, 0.3) is 0 Å². The van der Waals surface area contributed by atoms with Crippen LogP contribution < -0.4 is 0 Å². The molecule has 0 aromatic rings. The van der Waals surface area contributed by atoms with Crippen molar-refractivity contribution < 1.29 is 52.0 Å². The fourth-order valence-electron chi connectivity index (χ4n) is 0. The summed E-state index contributed by atoms with van der Waals surface area (Å²) < 4.78 is 8.88. The van der Waals surface area contributed by atoms with Crippen molar-refractivity contribution in [2.24, 2.45) is 0 Å². The minimum Gasteiger partial charge on any atom is -0.303 e. The average molecular weight is 217 g/mol. The fourth-order valence-corrected chi connectivity index (χ4v) is 0. The average Bonchev–Trinajstić information content (AvgIpc) is 0.722. The van der Waals surface area contributed by atoms with Gasteiger partial charge in [0.15, 0.2) is 17.4 Å². The molecule has 3 N–H and O–H groups in total. The van der Waals surface area contributed by atoms with Crippen molar-refractivity contribution in [2.75, 3.05) is 0 Å². The maximum Gasteiger partial charge on any atom is 0.466 e. The van der Waals surface area contributed by atoms with E-state index >= 15 is 0 Å². The molecule has 0 fully saturated rings. The molecule has 41 valence electrons. The van der Waals surface area contributed by atoms with Gasteiger partial charge < -0.3 is 14.7 Å². The summed E-state index contributed by atoms with van der Waals surface area (Å²) in [6.45, 7) is 0. The van der Waals surface area contributed by atoms with E-state index in [0.29, 0.717) is 0 Å². The Bertz CT molecular complexity index is 57.8. The molecule has 0 bridgehead atoms.